The summed E-state index contributed by atoms with van der Waals surface area (Å²) in [6, 6.07) is 3.67. The molecule has 2 heterocycles. The molecule has 3 N–H and O–H groups in total. The standard InChI is InChI=1S/C20H18N4O9/c1-3-32-20(29)13-9(2)33-17(15(13)16(21)26)22-12(25)7-8-23-18(27)10-5-4-6-11(24(30)31)14(10)19(23)28/h4-6H,3,7-8H2,1-2H3,(H2,21,26)(H,22,25). The van der Waals surface area contributed by atoms with Gasteiger partial charge in [0.1, 0.15) is 22.5 Å². The van der Waals surface area contributed by atoms with Crippen LogP contribution in [-0.2, 0) is 9.53 Å². The number of nitrogens with zero attached hydrogens (tertiary/aromatic N) is 2. The first kappa shape index (κ1) is 23.1. The molecular weight excluding hydrogens is 440 g/mol. The van der Waals surface area contributed by atoms with E-state index in [-0.39, 0.29) is 40.5 Å². The monoisotopic (exact) mass is 458 g/mol. The molecular formula is C20H18N4O9. The van der Waals surface area contributed by atoms with Crippen LogP contribution >= 0.6 is 0 Å². The number of nitro groups is 1. The summed E-state index contributed by atoms with van der Waals surface area (Å²) in [6.45, 7) is 2.57. The number of esters is 1. The van der Waals surface area contributed by atoms with Crippen LogP contribution in [0.2, 0.25) is 0 Å². The van der Waals surface area contributed by atoms with Gasteiger partial charge in [0.05, 0.1) is 17.1 Å². The number of imide groups is 1. The summed E-state index contributed by atoms with van der Waals surface area (Å²) in [5, 5.41) is 13.5. The van der Waals surface area contributed by atoms with Crippen LogP contribution in [0.4, 0.5) is 11.6 Å². The molecule has 172 valence electrons. The fraction of sp³-hybridized carbons (Fsp3) is 0.250. The number of ether oxygens (including phenoxy) is 1. The van der Waals surface area contributed by atoms with E-state index in [1.165, 1.54) is 19.1 Å². The number of hydrogen-bond donors (Lipinski definition) is 2. The van der Waals surface area contributed by atoms with Gasteiger partial charge in [0, 0.05) is 19.0 Å². The largest absolute Gasteiger partial charge is 0.462 e. The molecule has 0 unspecified atom stereocenters. The van der Waals surface area contributed by atoms with Crippen molar-refractivity contribution in [1.82, 2.24) is 4.90 Å². The van der Waals surface area contributed by atoms with Crippen LogP contribution in [0.3, 0.4) is 0 Å². The topological polar surface area (TPSA) is 192 Å². The van der Waals surface area contributed by atoms with E-state index in [1.807, 2.05) is 0 Å². The molecule has 3 rings (SSSR count). The summed E-state index contributed by atoms with van der Waals surface area (Å²) in [5.74, 6) is -4.74. The molecule has 2 aromatic rings. The van der Waals surface area contributed by atoms with Gasteiger partial charge in [-0.1, -0.05) is 6.07 Å². The zero-order chi connectivity index (χ0) is 24.4. The number of rotatable bonds is 8. The maximum Gasteiger partial charge on any atom is 0.342 e. The van der Waals surface area contributed by atoms with Gasteiger partial charge in [0.25, 0.3) is 23.4 Å². The number of carbonyl (C=O) groups is 5. The van der Waals surface area contributed by atoms with Crippen LogP contribution in [0.25, 0.3) is 0 Å². The number of nitrogens with one attached hydrogen (secondary N) is 1. The van der Waals surface area contributed by atoms with E-state index in [1.54, 1.807) is 6.92 Å². The number of anilines is 1. The van der Waals surface area contributed by atoms with Gasteiger partial charge in [-0.2, -0.15) is 0 Å². The Hall–Kier alpha value is -4.55. The fourth-order valence-corrected chi connectivity index (χ4v) is 3.39. The highest BCUT2D eigenvalue weighted by atomic mass is 16.6. The molecule has 0 spiro atoms. The second-order valence-electron chi connectivity index (χ2n) is 6.84. The smallest absolute Gasteiger partial charge is 0.342 e. The van der Waals surface area contributed by atoms with Crippen LogP contribution in [-0.4, -0.2) is 52.6 Å². The number of amides is 4. The van der Waals surface area contributed by atoms with Crippen LogP contribution in [0.1, 0.15) is 60.5 Å². The van der Waals surface area contributed by atoms with E-state index < -0.39 is 53.2 Å². The lowest BCUT2D eigenvalue weighted by atomic mass is 10.1. The second-order valence-corrected chi connectivity index (χ2v) is 6.84. The number of benzene rings is 1. The van der Waals surface area contributed by atoms with Gasteiger partial charge >= 0.3 is 5.97 Å². The summed E-state index contributed by atoms with van der Waals surface area (Å²) >= 11 is 0. The number of aryl methyl sites for hydroxylation is 1. The second kappa shape index (κ2) is 8.90. The molecule has 0 aliphatic carbocycles. The van der Waals surface area contributed by atoms with Gasteiger partial charge in [-0.05, 0) is 19.9 Å². The Balaban J connectivity index is 1.76. The van der Waals surface area contributed by atoms with Crippen LogP contribution in [0.5, 0.6) is 0 Å². The average molecular weight is 458 g/mol. The molecule has 0 atom stereocenters. The van der Waals surface area contributed by atoms with Crippen molar-refractivity contribution in [2.24, 2.45) is 5.73 Å². The number of furan rings is 1. The highest BCUT2D eigenvalue weighted by Crippen LogP contribution is 2.31. The van der Waals surface area contributed by atoms with Gasteiger partial charge in [-0.25, -0.2) is 4.79 Å². The maximum absolute atomic E-state index is 12.6. The van der Waals surface area contributed by atoms with Crippen LogP contribution < -0.4 is 11.1 Å². The van der Waals surface area contributed by atoms with Crippen molar-refractivity contribution in [2.75, 3.05) is 18.5 Å². The molecule has 1 aromatic carbocycles. The quantitative estimate of drug-likeness (QED) is 0.254. The number of fused-ring (bicyclic) bond motifs is 1. The Bertz CT molecular complexity index is 1210. The third-order valence-electron chi connectivity index (χ3n) is 4.80. The lowest BCUT2D eigenvalue weighted by molar-refractivity contribution is -0.385. The first-order chi connectivity index (χ1) is 15.6. The first-order valence-electron chi connectivity index (χ1n) is 9.62. The Morgan fingerprint density at radius 3 is 2.52 bits per heavy atom. The predicted molar refractivity (Wildman–Crippen MR) is 110 cm³/mol. The van der Waals surface area contributed by atoms with Gasteiger partial charge < -0.3 is 14.9 Å². The van der Waals surface area contributed by atoms with E-state index in [0.717, 1.165) is 6.07 Å². The number of nitro benzene ring substituents is 1. The molecule has 0 saturated carbocycles. The number of hydrogen-bond acceptors (Lipinski definition) is 9. The zero-order valence-corrected chi connectivity index (χ0v) is 17.5. The van der Waals surface area contributed by atoms with E-state index in [9.17, 15) is 34.1 Å². The van der Waals surface area contributed by atoms with Crippen molar-refractivity contribution >= 4 is 41.2 Å². The van der Waals surface area contributed by atoms with E-state index in [0.29, 0.717) is 4.90 Å². The van der Waals surface area contributed by atoms with Crippen LogP contribution in [0, 0.1) is 17.0 Å². The molecule has 1 aromatic heterocycles. The third-order valence-corrected chi connectivity index (χ3v) is 4.80. The van der Waals surface area contributed by atoms with Gasteiger partial charge in [0.15, 0.2) is 0 Å². The minimum absolute atomic E-state index is 0.00907. The van der Waals surface area contributed by atoms with Crippen molar-refractivity contribution in [3.8, 4) is 0 Å². The fourth-order valence-electron chi connectivity index (χ4n) is 3.39. The summed E-state index contributed by atoms with van der Waals surface area (Å²) < 4.78 is 10.2. The summed E-state index contributed by atoms with van der Waals surface area (Å²) in [7, 11) is 0. The Morgan fingerprint density at radius 1 is 1.21 bits per heavy atom. The van der Waals surface area contributed by atoms with Crippen LogP contribution in [0.15, 0.2) is 22.6 Å². The predicted octanol–water partition coefficient (Wildman–Crippen LogP) is 1.40. The van der Waals surface area contributed by atoms with E-state index in [2.05, 4.69) is 5.32 Å². The SMILES string of the molecule is CCOC(=O)c1c(C)oc(NC(=O)CCN2C(=O)c3cccc([N+](=O)[O-])c3C2=O)c1C(N)=O. The molecule has 0 saturated heterocycles. The van der Waals surface area contributed by atoms with Crippen molar-refractivity contribution in [3.63, 3.8) is 0 Å². The number of primary amides is 1. The highest BCUT2D eigenvalue weighted by Gasteiger charge is 2.41. The van der Waals surface area contributed by atoms with E-state index >= 15 is 0 Å². The number of carbonyl (C=O) groups excluding carboxylic acids is 5. The zero-order valence-electron chi connectivity index (χ0n) is 17.5. The third kappa shape index (κ3) is 4.15. The summed E-state index contributed by atoms with van der Waals surface area (Å²) in [5.41, 5.74) is 3.73. The summed E-state index contributed by atoms with van der Waals surface area (Å²) in [6.07, 6.45) is -0.425. The lowest BCUT2D eigenvalue weighted by Crippen LogP contribution is -2.33. The maximum atomic E-state index is 12.6. The molecule has 4 amide bonds. The van der Waals surface area contributed by atoms with Crippen molar-refractivity contribution in [2.45, 2.75) is 20.3 Å². The van der Waals surface area contributed by atoms with Gasteiger partial charge in [-0.15, -0.1) is 0 Å². The Labute approximate surface area is 185 Å². The Morgan fingerprint density at radius 2 is 1.91 bits per heavy atom. The normalized spacial score (nSPS) is 12.5. The first-order valence-corrected chi connectivity index (χ1v) is 9.62. The molecule has 1 aliphatic heterocycles. The minimum Gasteiger partial charge on any atom is -0.462 e. The molecule has 33 heavy (non-hydrogen) atoms. The molecule has 0 bridgehead atoms. The van der Waals surface area contributed by atoms with Gasteiger partial charge in [-0.3, -0.25) is 39.5 Å². The summed E-state index contributed by atoms with van der Waals surface area (Å²) in [4.78, 5) is 72.6. The molecule has 1 aliphatic rings. The number of nitrogens with two attached hydrogens (primary N) is 1. The highest BCUT2D eigenvalue weighted by molar-refractivity contribution is 6.23. The van der Waals surface area contributed by atoms with Crippen molar-refractivity contribution in [3.05, 3.63) is 56.3 Å². The van der Waals surface area contributed by atoms with Crippen molar-refractivity contribution < 1.29 is 38.1 Å². The van der Waals surface area contributed by atoms with Crippen molar-refractivity contribution in [1.29, 1.82) is 0 Å². The molecule has 0 fully saturated rings. The average Bonchev–Trinajstić information content (AvgIpc) is 3.20. The Kier molecular flexibility index (Phi) is 6.24. The minimum atomic E-state index is -1.04. The van der Waals surface area contributed by atoms with Gasteiger partial charge in [0.2, 0.25) is 11.8 Å². The lowest BCUT2D eigenvalue weighted by Gasteiger charge is -2.13. The van der Waals surface area contributed by atoms with E-state index in [4.69, 9.17) is 14.9 Å². The molecule has 0 radical (unpaired) electrons. The molecule has 13 heteroatoms. The molecule has 13 nitrogen and oxygen atoms in total.